The van der Waals surface area contributed by atoms with E-state index in [2.05, 4.69) is 203 Å². The molecule has 16 nitrogen and oxygen atoms in total. The third-order valence-electron chi connectivity index (χ3n) is 19.1. The number of aliphatic hydroxyl groups is 2. The highest BCUT2D eigenvalue weighted by atomic mass is 31.2. The lowest BCUT2D eigenvalue weighted by molar-refractivity contribution is -0.161. The molecular weight excluding hydrogens is 1510 g/mol. The van der Waals surface area contributed by atoms with Crippen LogP contribution in [0.4, 0.5) is 0 Å². The maximum absolute atomic E-state index is 13.1. The average Bonchev–Trinajstić information content (AvgIpc) is 0.894. The smallest absolute Gasteiger partial charge is 0.463 e. The third-order valence-corrected chi connectivity index (χ3v) is 21.0. The van der Waals surface area contributed by atoms with Gasteiger partial charge in [0.2, 0.25) is 0 Å². The summed E-state index contributed by atoms with van der Waals surface area (Å²) in [7, 11) is -9.82. The van der Waals surface area contributed by atoms with Crippen molar-refractivity contribution < 1.29 is 75.8 Å². The van der Waals surface area contributed by atoms with Crippen LogP contribution in [0.5, 0.6) is 0 Å². The molecule has 0 rings (SSSR count). The minimum absolute atomic E-state index is 0.0741. The van der Waals surface area contributed by atoms with Gasteiger partial charge in [0, 0.05) is 19.3 Å². The topological polar surface area (TPSA) is 231 Å². The highest BCUT2D eigenvalue weighted by Gasteiger charge is 2.29. The quantitative estimate of drug-likeness (QED) is 0.0146. The minimum Gasteiger partial charge on any atom is -0.463 e. The van der Waals surface area contributed by atoms with Crippen LogP contribution in [0.15, 0.2) is 182 Å². The summed E-state index contributed by atoms with van der Waals surface area (Å²) < 4.78 is 61.4. The molecule has 0 aliphatic rings. The number of aliphatic hydroxyl groups excluding tert-OH is 2. The molecule has 0 aliphatic carbocycles. The lowest BCUT2D eigenvalue weighted by Gasteiger charge is -2.21. The third kappa shape index (κ3) is 91.2. The SMILES string of the molecule is CC/C=C\C/C=C\C/C=C\C/C=C\C/C=C\C/C=C\CCCCCCCCCCC(=O)OCC(COP(=O)(O)OCC(O)COP(=O)(O)OCC(O)COC(=O)CCCCCCCCCCCCCCCCCCC/C=C\C/C=C\C/C=C\C/C=C\CCCCC)OC(=O)CCCCCCC/C=C\C/C=C\C/C=C\C/C=C\C/C=C\CC. The molecule has 5 unspecified atom stereocenters. The van der Waals surface area contributed by atoms with Crippen LogP contribution in [0, 0.1) is 0 Å². The summed E-state index contributed by atoms with van der Waals surface area (Å²) in [5.74, 6) is -1.61. The van der Waals surface area contributed by atoms with E-state index in [1.54, 1.807) is 0 Å². The molecule has 0 aromatic heterocycles. The maximum atomic E-state index is 13.1. The number of carbonyl (C=O) groups excluding carboxylic acids is 3. The zero-order chi connectivity index (χ0) is 85.1. The van der Waals surface area contributed by atoms with Crippen LogP contribution in [0.25, 0.3) is 0 Å². The Morgan fingerprint density at radius 3 is 0.718 bits per heavy atom. The standard InChI is InChI=1S/C99H166O16P2/c1-4-7-10-13-16-19-22-25-28-31-34-37-39-41-43-44-45-46-47-48-50-52-53-56-58-61-64-67-70-73-76-79-82-85-97(102)109-88-94(100)89-111-116(105,106)112-90-95(101)91-113-117(107,108)114-93-96(115-99(104)87-84-81-78-75-72-69-66-63-60-55-36-33-30-27-24-21-18-15-12-9-6-3)92-110-98(103)86-83-80-77-74-71-68-65-62-59-57-54-51-49-42-40-38-35-32-29-26-23-20-17-14-11-8-5-2/h8-9,11-12,16-21,25-30,34-38,41-43,49,54-55,57,63,66,94-96,100-101H,4-7,10,13-15,22-24,31-33,39-40,44-48,50-53,56,58-62,64-65,67-93H2,1-3H3,(H,105,106)(H,107,108)/b11-8-,12-9-,19-16-,20-17-,21-18-,28-25-,29-26-,30-27-,37-34-,38-35-,43-41-,49-42-,55-36-,57-54-,66-63-. The van der Waals surface area contributed by atoms with E-state index in [9.17, 15) is 43.5 Å². The van der Waals surface area contributed by atoms with Gasteiger partial charge < -0.3 is 34.2 Å². The van der Waals surface area contributed by atoms with Crippen molar-refractivity contribution >= 4 is 33.6 Å². The fourth-order valence-electron chi connectivity index (χ4n) is 12.2. The molecule has 0 saturated carbocycles. The fraction of sp³-hybridized carbons (Fsp3) is 0.667. The maximum Gasteiger partial charge on any atom is 0.472 e. The van der Waals surface area contributed by atoms with Gasteiger partial charge in [-0.1, -0.05) is 370 Å². The molecule has 0 fully saturated rings. The van der Waals surface area contributed by atoms with E-state index < -0.39 is 91.5 Å². The van der Waals surface area contributed by atoms with Gasteiger partial charge in [0.05, 0.1) is 26.4 Å². The predicted molar refractivity (Wildman–Crippen MR) is 491 cm³/mol. The molecule has 668 valence electrons. The van der Waals surface area contributed by atoms with Gasteiger partial charge in [-0.05, 0) is 161 Å². The number of phosphoric ester groups is 2. The summed E-state index contributed by atoms with van der Waals surface area (Å²) in [5.41, 5.74) is 0. The first-order valence-electron chi connectivity index (χ1n) is 46.1. The Morgan fingerprint density at radius 2 is 0.453 bits per heavy atom. The van der Waals surface area contributed by atoms with Crippen molar-refractivity contribution in [2.75, 3.05) is 39.6 Å². The van der Waals surface area contributed by atoms with E-state index in [4.69, 9.17) is 32.3 Å². The van der Waals surface area contributed by atoms with Crippen molar-refractivity contribution in [3.05, 3.63) is 182 Å². The molecular formula is C99H166O16P2. The second-order valence-corrected chi connectivity index (χ2v) is 33.2. The van der Waals surface area contributed by atoms with Crippen molar-refractivity contribution in [3.63, 3.8) is 0 Å². The number of esters is 3. The van der Waals surface area contributed by atoms with Crippen LogP contribution in [-0.4, -0.2) is 95.9 Å². The largest absolute Gasteiger partial charge is 0.472 e. The van der Waals surface area contributed by atoms with Crippen molar-refractivity contribution in [1.29, 1.82) is 0 Å². The number of carbonyl (C=O) groups is 3. The van der Waals surface area contributed by atoms with E-state index in [1.807, 2.05) is 0 Å². The molecule has 4 N–H and O–H groups in total. The molecule has 0 saturated heterocycles. The second kappa shape index (κ2) is 89.9. The van der Waals surface area contributed by atoms with Crippen molar-refractivity contribution in [2.24, 2.45) is 0 Å². The molecule has 0 aromatic carbocycles. The van der Waals surface area contributed by atoms with E-state index >= 15 is 0 Å². The van der Waals surface area contributed by atoms with Gasteiger partial charge in [0.25, 0.3) is 0 Å². The van der Waals surface area contributed by atoms with Crippen LogP contribution in [-0.2, 0) is 55.8 Å². The molecule has 18 heteroatoms. The summed E-state index contributed by atoms with van der Waals surface area (Å²) >= 11 is 0. The predicted octanol–water partition coefficient (Wildman–Crippen LogP) is 28.4. The lowest BCUT2D eigenvalue weighted by atomic mass is 10.0. The van der Waals surface area contributed by atoms with Gasteiger partial charge in [-0.15, -0.1) is 0 Å². The average molecular weight is 1670 g/mol. The Kier molecular flexibility index (Phi) is 85.8. The first-order valence-corrected chi connectivity index (χ1v) is 49.1. The normalized spacial score (nSPS) is 14.6. The first-order chi connectivity index (χ1) is 57.2. The second-order valence-electron chi connectivity index (χ2n) is 30.3. The van der Waals surface area contributed by atoms with E-state index in [1.165, 1.54) is 122 Å². The molecule has 0 aromatic rings. The molecule has 0 radical (unpaired) electrons. The van der Waals surface area contributed by atoms with Gasteiger partial charge in [0.15, 0.2) is 6.10 Å². The van der Waals surface area contributed by atoms with E-state index in [0.717, 1.165) is 186 Å². The highest BCUT2D eigenvalue weighted by molar-refractivity contribution is 7.47. The Bertz CT molecular complexity index is 2860. The zero-order valence-corrected chi connectivity index (χ0v) is 75.4. The highest BCUT2D eigenvalue weighted by Crippen LogP contribution is 2.45. The number of rotatable bonds is 86. The van der Waals surface area contributed by atoms with Crippen LogP contribution in [0.3, 0.4) is 0 Å². The number of hydrogen-bond acceptors (Lipinski definition) is 14. The van der Waals surface area contributed by atoms with Crippen molar-refractivity contribution in [1.82, 2.24) is 0 Å². The Morgan fingerprint density at radius 1 is 0.248 bits per heavy atom. The summed E-state index contributed by atoms with van der Waals surface area (Å²) in [4.78, 5) is 59.0. The molecule has 0 heterocycles. The molecule has 5 atom stereocenters. The molecule has 0 amide bonds. The van der Waals surface area contributed by atoms with Gasteiger partial charge in [-0.3, -0.25) is 32.5 Å². The van der Waals surface area contributed by atoms with Crippen LogP contribution in [0.2, 0.25) is 0 Å². The molecule has 0 aliphatic heterocycles. The Hall–Kier alpha value is -5.35. The van der Waals surface area contributed by atoms with Gasteiger partial charge >= 0.3 is 33.6 Å². The molecule has 0 bridgehead atoms. The van der Waals surface area contributed by atoms with Gasteiger partial charge in [-0.2, -0.15) is 0 Å². The van der Waals surface area contributed by atoms with Gasteiger partial charge in [0.1, 0.15) is 25.4 Å². The van der Waals surface area contributed by atoms with Crippen molar-refractivity contribution in [2.45, 2.75) is 386 Å². The lowest BCUT2D eigenvalue weighted by Crippen LogP contribution is -2.30. The van der Waals surface area contributed by atoms with Crippen molar-refractivity contribution in [3.8, 4) is 0 Å². The minimum atomic E-state index is -4.95. The molecule has 117 heavy (non-hydrogen) atoms. The van der Waals surface area contributed by atoms with E-state index in [0.29, 0.717) is 19.3 Å². The van der Waals surface area contributed by atoms with Crippen LogP contribution < -0.4 is 0 Å². The number of unbranched alkanes of at least 4 members (excludes halogenated alkanes) is 33. The first kappa shape index (κ1) is 112. The monoisotopic (exact) mass is 1670 g/mol. The number of ether oxygens (including phenoxy) is 3. The van der Waals surface area contributed by atoms with Crippen LogP contribution in [0.1, 0.15) is 367 Å². The number of allylic oxidation sites excluding steroid dienone is 30. The summed E-state index contributed by atoms with van der Waals surface area (Å²) in [5, 5.41) is 20.7. The number of phosphoric acid groups is 2. The zero-order valence-electron chi connectivity index (χ0n) is 73.6. The molecule has 0 spiro atoms. The summed E-state index contributed by atoms with van der Waals surface area (Å²) in [6.07, 6.45) is 118. The van der Waals surface area contributed by atoms with E-state index in [-0.39, 0.29) is 19.3 Å². The van der Waals surface area contributed by atoms with Crippen LogP contribution >= 0.6 is 15.6 Å². The summed E-state index contributed by atoms with van der Waals surface area (Å²) in [6.45, 7) is 2.42. The Balaban J connectivity index is 4.59. The summed E-state index contributed by atoms with van der Waals surface area (Å²) in [6, 6.07) is 0. The number of hydrogen-bond donors (Lipinski definition) is 4. The fourth-order valence-corrected chi connectivity index (χ4v) is 13.8. The Labute approximate surface area is 713 Å². The van der Waals surface area contributed by atoms with Gasteiger partial charge in [-0.25, -0.2) is 9.13 Å².